The van der Waals surface area contributed by atoms with Gasteiger partial charge >= 0.3 is 0 Å². The van der Waals surface area contributed by atoms with Crippen molar-refractivity contribution < 1.29 is 0 Å². The molecule has 7 rings (SSSR count). The van der Waals surface area contributed by atoms with Crippen LogP contribution in [0.4, 0.5) is 0 Å². The number of hydrogen-bond acceptors (Lipinski definition) is 4. The predicted octanol–water partition coefficient (Wildman–Crippen LogP) is 10.9. The first-order chi connectivity index (χ1) is 25.3. The van der Waals surface area contributed by atoms with Gasteiger partial charge in [-0.1, -0.05) is 93.3 Å². The molecule has 0 bridgehead atoms. The number of nitrogens with zero attached hydrogens (tertiary/aromatic N) is 4. The zero-order valence-electron chi connectivity index (χ0n) is 37.5. The monoisotopic (exact) mass is 731 g/mol. The lowest BCUT2D eigenvalue weighted by atomic mass is 10.1. The average Bonchev–Trinajstić information content (AvgIpc) is 3.96. The summed E-state index contributed by atoms with van der Waals surface area (Å²) in [6.45, 7) is 41.1. The molecule has 0 unspecified atom stereocenters. The lowest BCUT2D eigenvalue weighted by Gasteiger charge is -2.31. The first kappa shape index (κ1) is 49.7. The Morgan fingerprint density at radius 2 is 0.481 bits per heavy atom. The molecule has 0 N–H and O–H groups in total. The molecule has 54 heavy (non-hydrogen) atoms. The van der Waals surface area contributed by atoms with Gasteiger partial charge in [-0.2, -0.15) is 0 Å². The van der Waals surface area contributed by atoms with Gasteiger partial charge < -0.3 is 0 Å². The van der Waals surface area contributed by atoms with Crippen LogP contribution in [0.1, 0.15) is 129 Å². The molecular weight excluding hydrogens is 653 g/mol. The maximum absolute atomic E-state index is 4.50. The molecule has 1 saturated heterocycles. The summed E-state index contributed by atoms with van der Waals surface area (Å²) in [6.07, 6.45) is 2.80. The number of rotatable bonds is 0. The van der Waals surface area contributed by atoms with E-state index in [1.807, 2.05) is 0 Å². The third kappa shape index (κ3) is 16.0. The summed E-state index contributed by atoms with van der Waals surface area (Å²) < 4.78 is 0. The summed E-state index contributed by atoms with van der Waals surface area (Å²) in [4.78, 5) is 10.1. The second kappa shape index (κ2) is 23.1. The standard InChI is InChI=1S/3C12H17N.C8H17N.3CH3B/c3*1-12(2,3)13-8-10-6-4-5-7-11(10)9-13;1-8(2,3)9-6-4-5-7-9;3*1-2/h3*4-7H,8-9H2,1-3H3;4-7H2,1-3H3;3*1H3. The number of fused-ring (bicyclic) bond motifs is 3. The quantitative estimate of drug-likeness (QED) is 0.214. The third-order valence-corrected chi connectivity index (χ3v) is 10.4. The Labute approximate surface area is 339 Å². The Morgan fingerprint density at radius 1 is 0.315 bits per heavy atom. The summed E-state index contributed by atoms with van der Waals surface area (Å²) >= 11 is 0. The second-order valence-electron chi connectivity index (χ2n) is 18.3. The van der Waals surface area contributed by atoms with Crippen molar-refractivity contribution >= 4 is 23.5 Å². The van der Waals surface area contributed by atoms with Crippen LogP contribution in [0.3, 0.4) is 0 Å². The van der Waals surface area contributed by atoms with E-state index in [4.69, 9.17) is 0 Å². The molecule has 0 saturated carbocycles. The fourth-order valence-corrected chi connectivity index (χ4v) is 6.81. The Balaban J connectivity index is 0.000000346. The molecule has 6 radical (unpaired) electrons. The molecule has 0 atom stereocenters. The first-order valence-electron chi connectivity index (χ1n) is 20.3. The molecule has 0 aliphatic carbocycles. The van der Waals surface area contributed by atoms with Crippen LogP contribution >= 0.6 is 0 Å². The molecule has 0 aromatic heterocycles. The van der Waals surface area contributed by atoms with Gasteiger partial charge in [-0.25, -0.2) is 0 Å². The highest BCUT2D eigenvalue weighted by Crippen LogP contribution is 2.30. The zero-order valence-corrected chi connectivity index (χ0v) is 37.5. The largest absolute Gasteiger partial charge is 0.298 e. The molecular formula is C47H77B3N4. The van der Waals surface area contributed by atoms with Gasteiger partial charge in [0, 0.05) is 61.4 Å². The summed E-state index contributed by atoms with van der Waals surface area (Å²) in [5.74, 6) is 0. The zero-order chi connectivity index (χ0) is 41.3. The fraction of sp³-hybridized carbons (Fsp3) is 0.617. The Morgan fingerprint density at radius 3 is 0.611 bits per heavy atom. The number of benzene rings is 3. The SMILES string of the molecule is CC(C)(C)N1CCCC1.CC(C)(C)N1Cc2ccccc2C1.CC(C)(C)N1Cc2ccccc2C1.CC(C)(C)N1Cc2ccccc2C1.[B]C.[B]C.[B]C. The van der Waals surface area contributed by atoms with E-state index >= 15 is 0 Å². The van der Waals surface area contributed by atoms with E-state index in [1.165, 1.54) is 79.8 Å². The van der Waals surface area contributed by atoms with E-state index in [0.717, 1.165) is 39.3 Å². The molecule has 0 spiro atoms. The van der Waals surface area contributed by atoms with Crippen LogP contribution in [0.2, 0.25) is 20.5 Å². The smallest absolute Gasteiger partial charge is 0.0606 e. The van der Waals surface area contributed by atoms with Gasteiger partial charge in [0.15, 0.2) is 0 Å². The van der Waals surface area contributed by atoms with E-state index in [9.17, 15) is 0 Å². The van der Waals surface area contributed by atoms with Gasteiger partial charge in [0.05, 0.1) is 23.5 Å². The van der Waals surface area contributed by atoms with Crippen molar-refractivity contribution in [2.24, 2.45) is 0 Å². The number of hydrogen-bond donors (Lipinski definition) is 0. The highest BCUT2D eigenvalue weighted by Gasteiger charge is 2.29. The van der Waals surface area contributed by atoms with Crippen molar-refractivity contribution in [2.75, 3.05) is 13.1 Å². The van der Waals surface area contributed by atoms with Gasteiger partial charge in [-0.15, -0.1) is 0 Å². The molecule has 1 fully saturated rings. The van der Waals surface area contributed by atoms with Crippen molar-refractivity contribution in [3.05, 3.63) is 106 Å². The molecule has 0 amide bonds. The van der Waals surface area contributed by atoms with Gasteiger partial charge in [-0.05, 0) is 142 Å². The minimum absolute atomic E-state index is 0.291. The molecule has 4 heterocycles. The van der Waals surface area contributed by atoms with Crippen molar-refractivity contribution in [1.82, 2.24) is 19.6 Å². The highest BCUT2D eigenvalue weighted by atomic mass is 15.2. The minimum atomic E-state index is 0.291. The average molecular weight is 731 g/mol. The van der Waals surface area contributed by atoms with Gasteiger partial charge in [0.1, 0.15) is 0 Å². The second-order valence-corrected chi connectivity index (χ2v) is 18.3. The Bertz CT molecular complexity index is 1230. The normalized spacial score (nSPS) is 16.7. The van der Waals surface area contributed by atoms with E-state index in [0.29, 0.717) is 22.2 Å². The lowest BCUT2D eigenvalue weighted by Crippen LogP contribution is -2.38. The van der Waals surface area contributed by atoms with Gasteiger partial charge in [-0.3, -0.25) is 19.6 Å². The van der Waals surface area contributed by atoms with Crippen LogP contribution in [0, 0.1) is 0 Å². The van der Waals surface area contributed by atoms with Crippen molar-refractivity contribution in [1.29, 1.82) is 0 Å². The summed E-state index contributed by atoms with van der Waals surface area (Å²) in [7, 11) is 13.5. The molecule has 4 nitrogen and oxygen atoms in total. The Kier molecular flexibility index (Phi) is 21.2. The van der Waals surface area contributed by atoms with Crippen LogP contribution in [-0.4, -0.2) is 78.4 Å². The Hall–Kier alpha value is -2.31. The maximum atomic E-state index is 4.50. The van der Waals surface area contributed by atoms with Crippen molar-refractivity contribution in [3.63, 3.8) is 0 Å². The van der Waals surface area contributed by atoms with E-state index < -0.39 is 0 Å². The maximum Gasteiger partial charge on any atom is 0.0606 e. The lowest BCUT2D eigenvalue weighted by molar-refractivity contribution is 0.136. The van der Waals surface area contributed by atoms with Crippen LogP contribution < -0.4 is 0 Å². The minimum Gasteiger partial charge on any atom is -0.298 e. The van der Waals surface area contributed by atoms with Gasteiger partial charge in [0.25, 0.3) is 0 Å². The van der Waals surface area contributed by atoms with Crippen LogP contribution in [0.5, 0.6) is 0 Å². The molecule has 3 aromatic carbocycles. The van der Waals surface area contributed by atoms with E-state index in [-0.39, 0.29) is 0 Å². The third-order valence-electron chi connectivity index (χ3n) is 10.4. The molecule has 4 aliphatic heterocycles. The van der Waals surface area contributed by atoms with Crippen molar-refractivity contribution in [3.8, 4) is 0 Å². The van der Waals surface area contributed by atoms with E-state index in [1.54, 1.807) is 0 Å². The topological polar surface area (TPSA) is 13.0 Å². The predicted molar refractivity (Wildman–Crippen MR) is 242 cm³/mol. The van der Waals surface area contributed by atoms with Crippen LogP contribution in [0.25, 0.3) is 0 Å². The highest BCUT2D eigenvalue weighted by molar-refractivity contribution is 6.06. The molecule has 7 heteroatoms. The number of likely N-dealkylation sites (tertiary alicyclic amines) is 1. The molecule has 3 aromatic rings. The molecule has 294 valence electrons. The van der Waals surface area contributed by atoms with Crippen LogP contribution in [-0.2, 0) is 39.3 Å². The van der Waals surface area contributed by atoms with E-state index in [2.05, 4.69) is 199 Å². The summed E-state index contributed by atoms with van der Waals surface area (Å²) in [6, 6.07) is 26.2. The first-order valence-corrected chi connectivity index (χ1v) is 20.3. The summed E-state index contributed by atoms with van der Waals surface area (Å²) in [5, 5.41) is 0. The van der Waals surface area contributed by atoms with Crippen LogP contribution in [0.15, 0.2) is 72.8 Å². The van der Waals surface area contributed by atoms with Crippen molar-refractivity contribution in [2.45, 2.75) is 178 Å². The molecule has 4 aliphatic rings. The van der Waals surface area contributed by atoms with Gasteiger partial charge in [0.2, 0.25) is 0 Å². The fourth-order valence-electron chi connectivity index (χ4n) is 6.81. The summed E-state index contributed by atoms with van der Waals surface area (Å²) in [5.41, 5.74) is 10.3.